The second kappa shape index (κ2) is 7.55. The van der Waals surface area contributed by atoms with Gasteiger partial charge in [0, 0.05) is 31.7 Å². The zero-order chi connectivity index (χ0) is 19.7. The maximum atomic E-state index is 13.1. The zero-order valence-electron chi connectivity index (χ0n) is 15.2. The Balaban J connectivity index is 1.44. The van der Waals surface area contributed by atoms with E-state index in [9.17, 15) is 14.0 Å². The maximum Gasteiger partial charge on any atom is 0.265 e. The number of aromatic nitrogens is 1. The fourth-order valence-corrected chi connectivity index (χ4v) is 4.18. The van der Waals surface area contributed by atoms with Crippen LogP contribution in [0.1, 0.15) is 25.7 Å². The van der Waals surface area contributed by atoms with Crippen molar-refractivity contribution in [3.63, 3.8) is 0 Å². The van der Waals surface area contributed by atoms with E-state index in [0.717, 1.165) is 5.56 Å². The van der Waals surface area contributed by atoms with Crippen LogP contribution in [0, 0.1) is 12.7 Å². The van der Waals surface area contributed by atoms with Crippen molar-refractivity contribution in [2.75, 3.05) is 26.2 Å². The van der Waals surface area contributed by atoms with E-state index >= 15 is 0 Å². The average molecular weight is 399 g/mol. The summed E-state index contributed by atoms with van der Waals surface area (Å²) in [4.78, 5) is 33.8. The lowest BCUT2D eigenvalue weighted by molar-refractivity contribution is 0.0537. The number of benzene rings is 1. The molecule has 1 saturated heterocycles. The van der Waals surface area contributed by atoms with Gasteiger partial charge in [-0.05, 0) is 37.3 Å². The van der Waals surface area contributed by atoms with Crippen molar-refractivity contribution in [1.29, 1.82) is 0 Å². The maximum absolute atomic E-state index is 13.1. The summed E-state index contributed by atoms with van der Waals surface area (Å²) < 4.78 is 18.1. The first-order valence-corrected chi connectivity index (χ1v) is 9.68. The minimum atomic E-state index is -0.309. The highest BCUT2D eigenvalue weighted by molar-refractivity contribution is 7.17. The van der Waals surface area contributed by atoms with Crippen LogP contribution >= 0.6 is 11.3 Å². The number of thiazole rings is 1. The molecule has 1 aliphatic heterocycles. The molecule has 0 bridgehead atoms. The van der Waals surface area contributed by atoms with E-state index in [0.29, 0.717) is 47.3 Å². The Morgan fingerprint density at radius 2 is 1.68 bits per heavy atom. The minimum absolute atomic E-state index is 0.0845. The molecular formula is C20H18FN3O3S. The van der Waals surface area contributed by atoms with Gasteiger partial charge in [0.15, 0.2) is 0 Å². The lowest BCUT2D eigenvalue weighted by Gasteiger charge is -2.34. The molecule has 2 amide bonds. The summed E-state index contributed by atoms with van der Waals surface area (Å²) in [7, 11) is 0. The van der Waals surface area contributed by atoms with E-state index < -0.39 is 0 Å². The summed E-state index contributed by atoms with van der Waals surface area (Å²) in [5.41, 5.74) is 1.96. The van der Waals surface area contributed by atoms with E-state index in [1.165, 1.54) is 36.0 Å². The van der Waals surface area contributed by atoms with Gasteiger partial charge in [-0.15, -0.1) is 11.3 Å². The van der Waals surface area contributed by atoms with E-state index in [-0.39, 0.29) is 17.6 Å². The monoisotopic (exact) mass is 399 g/mol. The van der Waals surface area contributed by atoms with Gasteiger partial charge < -0.3 is 14.2 Å². The highest BCUT2D eigenvalue weighted by Crippen LogP contribution is 2.29. The van der Waals surface area contributed by atoms with Crippen LogP contribution in [0.3, 0.4) is 0 Å². The number of rotatable bonds is 3. The predicted molar refractivity (Wildman–Crippen MR) is 103 cm³/mol. The van der Waals surface area contributed by atoms with E-state index in [2.05, 4.69) is 4.98 Å². The lowest BCUT2D eigenvalue weighted by Crippen LogP contribution is -2.50. The number of nitrogens with zero attached hydrogens (tertiary/aromatic N) is 3. The van der Waals surface area contributed by atoms with Gasteiger partial charge >= 0.3 is 0 Å². The molecule has 0 unspecified atom stereocenters. The molecule has 1 aromatic carbocycles. The second-order valence-corrected chi connectivity index (χ2v) is 7.54. The summed E-state index contributed by atoms with van der Waals surface area (Å²) in [6.07, 6.45) is 2.90. The Morgan fingerprint density at radius 3 is 2.29 bits per heavy atom. The third-order valence-electron chi connectivity index (χ3n) is 4.70. The largest absolute Gasteiger partial charge is 0.472 e. The summed E-state index contributed by atoms with van der Waals surface area (Å²) >= 11 is 1.31. The van der Waals surface area contributed by atoms with Gasteiger partial charge in [0.05, 0.1) is 17.5 Å². The van der Waals surface area contributed by atoms with E-state index in [1.54, 1.807) is 34.9 Å². The molecule has 28 heavy (non-hydrogen) atoms. The number of furan rings is 1. The van der Waals surface area contributed by atoms with Crippen LogP contribution in [0.25, 0.3) is 10.6 Å². The molecule has 6 nitrogen and oxygen atoms in total. The van der Waals surface area contributed by atoms with Crippen molar-refractivity contribution in [2.24, 2.45) is 0 Å². The molecular weight excluding hydrogens is 381 g/mol. The molecule has 0 radical (unpaired) electrons. The molecule has 8 heteroatoms. The lowest BCUT2D eigenvalue weighted by atomic mass is 10.2. The molecule has 1 aliphatic rings. The number of hydrogen-bond donors (Lipinski definition) is 0. The Morgan fingerprint density at radius 1 is 1.04 bits per heavy atom. The molecule has 1 fully saturated rings. The normalized spacial score (nSPS) is 14.4. The first-order valence-electron chi connectivity index (χ1n) is 8.87. The van der Waals surface area contributed by atoms with E-state index in [4.69, 9.17) is 4.42 Å². The van der Waals surface area contributed by atoms with Gasteiger partial charge in [-0.2, -0.15) is 0 Å². The van der Waals surface area contributed by atoms with Crippen LogP contribution in [-0.4, -0.2) is 52.8 Å². The van der Waals surface area contributed by atoms with Crippen LogP contribution in [0.2, 0.25) is 0 Å². The minimum Gasteiger partial charge on any atom is -0.472 e. The van der Waals surface area contributed by atoms with Gasteiger partial charge in [-0.25, -0.2) is 9.37 Å². The van der Waals surface area contributed by atoms with Crippen LogP contribution in [0.15, 0.2) is 47.3 Å². The third kappa shape index (κ3) is 3.55. The molecule has 0 atom stereocenters. The number of aryl methyl sites for hydroxylation is 1. The molecule has 3 aromatic rings. The van der Waals surface area contributed by atoms with Gasteiger partial charge in [-0.3, -0.25) is 9.59 Å². The highest BCUT2D eigenvalue weighted by Gasteiger charge is 2.28. The molecule has 144 valence electrons. The molecule has 0 saturated carbocycles. The molecule has 2 aromatic heterocycles. The van der Waals surface area contributed by atoms with Gasteiger partial charge in [-0.1, -0.05) is 0 Å². The van der Waals surface area contributed by atoms with Gasteiger partial charge in [0.25, 0.3) is 11.8 Å². The number of carbonyl (C=O) groups is 2. The topological polar surface area (TPSA) is 66.7 Å². The Hall–Kier alpha value is -3.00. The molecule has 4 rings (SSSR count). The highest BCUT2D eigenvalue weighted by atomic mass is 32.1. The van der Waals surface area contributed by atoms with Gasteiger partial charge in [0.2, 0.25) is 0 Å². The van der Waals surface area contributed by atoms with Crippen molar-refractivity contribution < 1.29 is 18.4 Å². The van der Waals surface area contributed by atoms with Crippen molar-refractivity contribution in [2.45, 2.75) is 6.92 Å². The first-order chi connectivity index (χ1) is 13.5. The number of carbonyl (C=O) groups excluding carboxylic acids is 2. The Bertz CT molecular complexity index is 990. The number of hydrogen-bond acceptors (Lipinski definition) is 5. The van der Waals surface area contributed by atoms with Crippen LogP contribution in [-0.2, 0) is 0 Å². The summed E-state index contributed by atoms with van der Waals surface area (Å²) in [6, 6.07) is 7.70. The molecule has 0 spiro atoms. The molecule has 0 aliphatic carbocycles. The van der Waals surface area contributed by atoms with Crippen molar-refractivity contribution in [3.8, 4) is 10.6 Å². The van der Waals surface area contributed by atoms with Crippen molar-refractivity contribution >= 4 is 23.2 Å². The fourth-order valence-electron chi connectivity index (χ4n) is 3.14. The van der Waals surface area contributed by atoms with Crippen molar-refractivity contribution in [3.05, 3.63) is 64.8 Å². The number of piperazine rings is 1. The third-order valence-corrected chi connectivity index (χ3v) is 5.90. The number of halogens is 1. The summed E-state index contributed by atoms with van der Waals surface area (Å²) in [5, 5.41) is 0.689. The van der Waals surface area contributed by atoms with E-state index in [1.807, 2.05) is 0 Å². The SMILES string of the molecule is Cc1nc(-c2ccc(F)cc2)sc1C(=O)N1CCN(C(=O)c2ccoc2)CC1. The second-order valence-electron chi connectivity index (χ2n) is 6.54. The zero-order valence-corrected chi connectivity index (χ0v) is 16.0. The summed E-state index contributed by atoms with van der Waals surface area (Å²) in [5.74, 6) is -0.483. The quantitative estimate of drug-likeness (QED) is 0.677. The smallest absolute Gasteiger partial charge is 0.265 e. The molecule has 3 heterocycles. The first kappa shape index (κ1) is 18.4. The fraction of sp³-hybridized carbons (Fsp3) is 0.250. The average Bonchev–Trinajstić information content (AvgIpc) is 3.38. The Labute approximate surface area is 165 Å². The summed E-state index contributed by atoms with van der Waals surface area (Å²) in [6.45, 7) is 3.67. The predicted octanol–water partition coefficient (Wildman–Crippen LogP) is 3.45. The van der Waals surface area contributed by atoms with Crippen LogP contribution < -0.4 is 0 Å². The van der Waals surface area contributed by atoms with Crippen LogP contribution in [0.4, 0.5) is 4.39 Å². The molecule has 0 N–H and O–H groups in total. The van der Waals surface area contributed by atoms with Gasteiger partial charge in [0.1, 0.15) is 22.0 Å². The van der Waals surface area contributed by atoms with Crippen molar-refractivity contribution in [1.82, 2.24) is 14.8 Å². The van der Waals surface area contributed by atoms with Crippen LogP contribution in [0.5, 0.6) is 0 Å². The number of amides is 2. The Kier molecular flexibility index (Phi) is 4.95. The standard InChI is InChI=1S/C20H18FN3O3S/c1-13-17(28-18(22-13)14-2-4-16(21)5-3-14)20(26)24-9-7-23(8-10-24)19(25)15-6-11-27-12-15/h2-6,11-12H,7-10H2,1H3.